The smallest absolute Gasteiger partial charge is 0.404 e. The molecule has 0 saturated carbocycles. The van der Waals surface area contributed by atoms with Gasteiger partial charge in [0.05, 0.1) is 10.6 Å². The summed E-state index contributed by atoms with van der Waals surface area (Å²) >= 11 is 6.17. The van der Waals surface area contributed by atoms with Gasteiger partial charge in [-0.1, -0.05) is 11.6 Å². The third-order valence-corrected chi connectivity index (χ3v) is 4.14. The summed E-state index contributed by atoms with van der Waals surface area (Å²) in [5.41, 5.74) is 4.35. The van der Waals surface area contributed by atoms with E-state index in [0.717, 1.165) is 12.1 Å². The number of hydrogen-bond acceptors (Lipinski definition) is 8. The largest absolute Gasteiger partial charge is 0.573 e. The molecular weight excluding hydrogens is 433 g/mol. The number of benzene rings is 1. The molecule has 1 aliphatic rings. The highest BCUT2D eigenvalue weighted by Gasteiger charge is 2.34. The maximum absolute atomic E-state index is 12.8. The van der Waals surface area contributed by atoms with Gasteiger partial charge in [0.25, 0.3) is 11.8 Å². The van der Waals surface area contributed by atoms with Crippen molar-refractivity contribution in [2.24, 2.45) is 5.10 Å². The van der Waals surface area contributed by atoms with E-state index in [1.807, 2.05) is 0 Å². The first kappa shape index (κ1) is 23.5. The second kappa shape index (κ2) is 9.82. The first-order chi connectivity index (χ1) is 14.1. The van der Waals surface area contributed by atoms with E-state index in [1.54, 1.807) is 13.8 Å². The number of rotatable bonds is 7. The fourth-order valence-corrected chi connectivity index (χ4v) is 2.64. The quantitative estimate of drug-likeness (QED) is 0.499. The molecule has 0 bridgehead atoms. The predicted molar refractivity (Wildman–Crippen MR) is 101 cm³/mol. The molecule has 2 rings (SSSR count). The van der Waals surface area contributed by atoms with E-state index >= 15 is 0 Å². The molecule has 166 valence electrons. The maximum Gasteiger partial charge on any atom is 0.573 e. The average Bonchev–Trinajstić information content (AvgIpc) is 3.10. The minimum atomic E-state index is -5.05. The van der Waals surface area contributed by atoms with Crippen LogP contribution in [0.25, 0.3) is 0 Å². The number of hydrazone groups is 1. The zero-order valence-corrected chi connectivity index (χ0v) is 16.9. The van der Waals surface area contributed by atoms with Crippen LogP contribution in [-0.4, -0.2) is 48.4 Å². The van der Waals surface area contributed by atoms with Crippen LogP contribution in [0.2, 0.25) is 5.02 Å². The third-order valence-electron chi connectivity index (χ3n) is 3.75. The van der Waals surface area contributed by atoms with Gasteiger partial charge in [0, 0.05) is 13.2 Å². The van der Waals surface area contributed by atoms with Gasteiger partial charge in [0.15, 0.2) is 5.75 Å². The monoisotopic (exact) mass is 452 g/mol. The van der Waals surface area contributed by atoms with Crippen molar-refractivity contribution in [3.63, 3.8) is 0 Å². The molecule has 10 nitrogen and oxygen atoms in total. The van der Waals surface area contributed by atoms with Crippen molar-refractivity contribution in [2.75, 3.05) is 18.5 Å². The number of halogens is 4. The van der Waals surface area contributed by atoms with Crippen LogP contribution in [0.5, 0.6) is 5.75 Å². The molecule has 0 radical (unpaired) electrons. The van der Waals surface area contributed by atoms with Crippen LogP contribution in [0, 0.1) is 0 Å². The highest BCUT2D eigenvalue weighted by molar-refractivity contribution is 6.37. The Hall–Kier alpha value is -2.77. The number of guanidine groups is 1. The van der Waals surface area contributed by atoms with Crippen molar-refractivity contribution in [1.82, 2.24) is 21.4 Å². The number of ether oxygens (including phenoxy) is 2. The summed E-state index contributed by atoms with van der Waals surface area (Å²) in [6.45, 7) is 5.48. The Morgan fingerprint density at radius 2 is 2.00 bits per heavy atom. The van der Waals surface area contributed by atoms with E-state index in [0.29, 0.717) is 6.54 Å². The molecule has 1 aliphatic heterocycles. The molecule has 1 atom stereocenters. The lowest BCUT2D eigenvalue weighted by atomic mass is 10.1. The highest BCUT2D eigenvalue weighted by Crippen LogP contribution is 2.38. The van der Waals surface area contributed by atoms with Crippen molar-refractivity contribution in [1.29, 1.82) is 0 Å². The zero-order valence-electron chi connectivity index (χ0n) is 16.2. The first-order valence-electron chi connectivity index (χ1n) is 8.75. The van der Waals surface area contributed by atoms with Gasteiger partial charge < -0.3 is 14.8 Å². The molecule has 0 fully saturated rings. The number of alkyl halides is 3. The van der Waals surface area contributed by atoms with Gasteiger partial charge in [-0.25, -0.2) is 5.53 Å². The van der Waals surface area contributed by atoms with Crippen LogP contribution in [0.15, 0.2) is 17.2 Å². The average molecular weight is 453 g/mol. The van der Waals surface area contributed by atoms with E-state index in [1.165, 1.54) is 11.9 Å². The number of hydrazine groups is 2. The molecule has 1 aromatic carbocycles. The molecule has 1 aromatic rings. The molecule has 1 heterocycles. The lowest BCUT2D eigenvalue weighted by molar-refractivity contribution is -0.274. The third kappa shape index (κ3) is 5.87. The van der Waals surface area contributed by atoms with Crippen molar-refractivity contribution >= 4 is 35.1 Å². The standard InChI is InChI=1S/C16H20ClF3N6O4/c1-4-26-15(23-24-25-26)22-14(28)9-6-7-10(30-16(18,19)20)12(11(9)17)21-13(27)8(3)29-5-2/h6-8,24-25H,4-5H2,1-3H3,(H,21,27)(H,22,23,28). The number of anilines is 1. The summed E-state index contributed by atoms with van der Waals surface area (Å²) in [4.78, 5) is 24.8. The van der Waals surface area contributed by atoms with E-state index in [-0.39, 0.29) is 18.1 Å². The SMILES string of the molecule is CCOC(C)C(=O)Nc1c(OC(F)(F)F)ccc(C(=O)NC2=NNNN2CC)c1Cl. The van der Waals surface area contributed by atoms with Gasteiger partial charge in [-0.3, -0.25) is 19.9 Å². The topological polar surface area (TPSA) is 116 Å². The molecule has 4 N–H and O–H groups in total. The minimum Gasteiger partial charge on any atom is -0.404 e. The van der Waals surface area contributed by atoms with Gasteiger partial charge in [-0.15, -0.1) is 23.8 Å². The first-order valence-corrected chi connectivity index (χ1v) is 9.13. The Bertz CT molecular complexity index is 836. The second-order valence-electron chi connectivity index (χ2n) is 5.79. The summed E-state index contributed by atoms with van der Waals surface area (Å²) < 4.78 is 47.3. The molecule has 0 aliphatic carbocycles. The Labute approximate surface area is 174 Å². The molecular formula is C16H20ClF3N6O4. The van der Waals surface area contributed by atoms with Crippen LogP contribution < -0.4 is 26.4 Å². The number of carbonyl (C=O) groups excluding carboxylic acids is 2. The van der Waals surface area contributed by atoms with E-state index in [9.17, 15) is 22.8 Å². The van der Waals surface area contributed by atoms with Crippen LogP contribution in [-0.2, 0) is 9.53 Å². The van der Waals surface area contributed by atoms with Crippen molar-refractivity contribution in [3.8, 4) is 5.75 Å². The summed E-state index contributed by atoms with van der Waals surface area (Å²) in [5, 5.41) is 9.50. The Morgan fingerprint density at radius 3 is 2.60 bits per heavy atom. The molecule has 0 aromatic heterocycles. The van der Waals surface area contributed by atoms with E-state index in [4.69, 9.17) is 16.3 Å². The van der Waals surface area contributed by atoms with Gasteiger partial charge in [-0.05, 0) is 32.9 Å². The van der Waals surface area contributed by atoms with E-state index < -0.39 is 40.7 Å². The number of nitrogens with one attached hydrogen (secondary N) is 4. The van der Waals surface area contributed by atoms with Crippen LogP contribution in [0.3, 0.4) is 0 Å². The normalized spacial score (nSPS) is 14.6. The highest BCUT2D eigenvalue weighted by atomic mass is 35.5. The minimum absolute atomic E-state index is 0.115. The Morgan fingerprint density at radius 1 is 1.30 bits per heavy atom. The van der Waals surface area contributed by atoms with Gasteiger partial charge in [0.2, 0.25) is 5.96 Å². The summed E-state index contributed by atoms with van der Waals surface area (Å²) in [5.74, 6) is -2.20. The van der Waals surface area contributed by atoms with Crippen LogP contribution in [0.1, 0.15) is 31.1 Å². The summed E-state index contributed by atoms with van der Waals surface area (Å²) in [7, 11) is 0. The predicted octanol–water partition coefficient (Wildman–Crippen LogP) is 1.95. The van der Waals surface area contributed by atoms with Crippen molar-refractivity contribution in [3.05, 3.63) is 22.7 Å². The van der Waals surface area contributed by atoms with Gasteiger partial charge in [-0.2, -0.15) is 0 Å². The molecule has 1 unspecified atom stereocenters. The van der Waals surface area contributed by atoms with E-state index in [2.05, 4.69) is 31.5 Å². The van der Waals surface area contributed by atoms with Crippen LogP contribution in [0.4, 0.5) is 18.9 Å². The molecule has 30 heavy (non-hydrogen) atoms. The lowest BCUT2D eigenvalue weighted by Gasteiger charge is -2.20. The number of nitrogens with zero attached hydrogens (tertiary/aromatic N) is 2. The molecule has 0 saturated heterocycles. The maximum atomic E-state index is 12.8. The van der Waals surface area contributed by atoms with Gasteiger partial charge in [0.1, 0.15) is 11.8 Å². The lowest BCUT2D eigenvalue weighted by Crippen LogP contribution is -2.47. The summed E-state index contributed by atoms with van der Waals surface area (Å²) in [6, 6.07) is 1.91. The number of carbonyl (C=O) groups is 2. The van der Waals surface area contributed by atoms with Crippen molar-refractivity contribution in [2.45, 2.75) is 33.2 Å². The molecule has 2 amide bonds. The summed E-state index contributed by atoms with van der Waals surface area (Å²) in [6.07, 6.45) is -6.03. The number of amides is 2. The Balaban J connectivity index is 2.36. The molecule has 0 spiro atoms. The second-order valence-corrected chi connectivity index (χ2v) is 6.17. The Kier molecular flexibility index (Phi) is 7.70. The number of hydrogen-bond donors (Lipinski definition) is 4. The fraction of sp³-hybridized carbons (Fsp3) is 0.438. The zero-order chi connectivity index (χ0) is 22.5. The fourth-order valence-electron chi connectivity index (χ4n) is 2.36. The van der Waals surface area contributed by atoms with Crippen LogP contribution >= 0.6 is 11.6 Å². The van der Waals surface area contributed by atoms with Gasteiger partial charge >= 0.3 is 6.36 Å². The van der Waals surface area contributed by atoms with Crippen molar-refractivity contribution < 1.29 is 32.2 Å². The molecule has 14 heteroatoms.